The fourth-order valence-electron chi connectivity index (χ4n) is 0.782. The summed E-state index contributed by atoms with van der Waals surface area (Å²) in [6.07, 6.45) is 3.07. The summed E-state index contributed by atoms with van der Waals surface area (Å²) in [5, 5.41) is 0. The van der Waals surface area contributed by atoms with E-state index in [0.29, 0.717) is 11.8 Å². The summed E-state index contributed by atoms with van der Waals surface area (Å²) in [7, 11) is 1.28. The molecular formula is C8H8NO3+. The number of ether oxygens (including phenoxy) is 1. The smallest absolute Gasteiger partial charge is 0.415 e. The Labute approximate surface area is 69.4 Å². The van der Waals surface area contributed by atoms with Crippen LogP contribution in [0, 0.1) is 0 Å². The summed E-state index contributed by atoms with van der Waals surface area (Å²) in [5.74, 6) is 0. The lowest BCUT2D eigenvalue weighted by molar-refractivity contribution is -0.585. The van der Waals surface area contributed by atoms with Gasteiger partial charge in [-0.3, -0.25) is 4.79 Å². The van der Waals surface area contributed by atoms with Gasteiger partial charge in [0.1, 0.15) is 0 Å². The van der Waals surface area contributed by atoms with Crippen LogP contribution in [0.5, 0.6) is 0 Å². The fourth-order valence-corrected chi connectivity index (χ4v) is 0.782. The van der Waals surface area contributed by atoms with Gasteiger partial charge in [-0.05, 0) is 6.07 Å². The molecule has 1 heterocycles. The number of nitrogens with zero attached hydrogens (tertiary/aromatic N) is 1. The highest BCUT2D eigenvalue weighted by Gasteiger charge is 2.13. The maximum Gasteiger partial charge on any atom is 0.601 e. The number of methoxy groups -OCH3 is 1. The van der Waals surface area contributed by atoms with Gasteiger partial charge in [-0.15, -0.1) is 0 Å². The first-order valence-electron chi connectivity index (χ1n) is 3.32. The molecule has 0 amide bonds. The zero-order valence-electron chi connectivity index (χ0n) is 6.56. The van der Waals surface area contributed by atoms with E-state index >= 15 is 0 Å². The first-order chi connectivity index (χ1) is 5.77. The number of aldehydes is 1. The van der Waals surface area contributed by atoms with E-state index in [4.69, 9.17) is 0 Å². The number of hydrogen-bond donors (Lipinski definition) is 0. The van der Waals surface area contributed by atoms with Crippen LogP contribution in [0.15, 0.2) is 24.5 Å². The fraction of sp³-hybridized carbons (Fsp3) is 0.125. The SMILES string of the molecule is COC(=O)[n+]1cccc(C=O)c1. The molecule has 0 saturated heterocycles. The molecule has 4 heteroatoms. The number of carbonyl (C=O) groups is 2. The van der Waals surface area contributed by atoms with Crippen molar-refractivity contribution in [3.63, 3.8) is 0 Å². The minimum absolute atomic E-state index is 0.433. The Morgan fingerprint density at radius 2 is 2.42 bits per heavy atom. The third kappa shape index (κ3) is 1.66. The lowest BCUT2D eigenvalue weighted by atomic mass is 10.3. The number of carbonyl (C=O) groups excluding carboxylic acids is 2. The molecule has 1 aromatic rings. The molecule has 4 nitrogen and oxygen atoms in total. The van der Waals surface area contributed by atoms with Crippen LogP contribution in [0.25, 0.3) is 0 Å². The maximum atomic E-state index is 10.9. The number of hydrogen-bond acceptors (Lipinski definition) is 3. The van der Waals surface area contributed by atoms with E-state index < -0.39 is 6.09 Å². The topological polar surface area (TPSA) is 47.2 Å². The first-order valence-corrected chi connectivity index (χ1v) is 3.32. The van der Waals surface area contributed by atoms with E-state index in [-0.39, 0.29) is 0 Å². The summed E-state index contributed by atoms with van der Waals surface area (Å²) in [5.41, 5.74) is 0.433. The molecule has 0 bridgehead atoms. The van der Waals surface area contributed by atoms with Gasteiger partial charge in [0, 0.05) is 6.07 Å². The van der Waals surface area contributed by atoms with Gasteiger partial charge in [0.25, 0.3) is 0 Å². The Bertz CT molecular complexity index is 309. The molecule has 0 spiro atoms. The molecule has 62 valence electrons. The van der Waals surface area contributed by atoms with Crippen LogP contribution in [0.1, 0.15) is 10.4 Å². The van der Waals surface area contributed by atoms with Gasteiger partial charge in [-0.25, -0.2) is 0 Å². The van der Waals surface area contributed by atoms with Crippen molar-refractivity contribution in [2.24, 2.45) is 0 Å². The standard InChI is InChI=1S/C8H8NO3/c1-12-8(11)9-4-2-3-7(5-9)6-10/h2-6H,1H3/q+1. The first kappa shape index (κ1) is 8.39. The zero-order valence-corrected chi connectivity index (χ0v) is 6.56. The van der Waals surface area contributed by atoms with Crippen molar-refractivity contribution in [3.8, 4) is 0 Å². The van der Waals surface area contributed by atoms with Gasteiger partial charge >= 0.3 is 6.09 Å². The van der Waals surface area contributed by atoms with Crippen molar-refractivity contribution in [1.29, 1.82) is 0 Å². The second-order valence-corrected chi connectivity index (χ2v) is 2.13. The van der Waals surface area contributed by atoms with Crippen LogP contribution in [-0.2, 0) is 4.74 Å². The van der Waals surface area contributed by atoms with Crippen LogP contribution < -0.4 is 4.57 Å². The van der Waals surface area contributed by atoms with Gasteiger partial charge in [-0.2, -0.15) is 4.79 Å². The zero-order chi connectivity index (χ0) is 8.97. The van der Waals surface area contributed by atoms with Gasteiger partial charge in [0.2, 0.25) is 0 Å². The van der Waals surface area contributed by atoms with Crippen molar-refractivity contribution < 1.29 is 18.9 Å². The van der Waals surface area contributed by atoms with Gasteiger partial charge in [0.05, 0.1) is 12.7 Å². The van der Waals surface area contributed by atoms with E-state index in [1.807, 2.05) is 0 Å². The highest BCUT2D eigenvalue weighted by atomic mass is 16.5. The summed E-state index contributed by atoms with van der Waals surface area (Å²) in [4.78, 5) is 21.2. The van der Waals surface area contributed by atoms with Crippen molar-refractivity contribution >= 4 is 12.4 Å². The molecule has 1 rings (SSSR count). The van der Waals surface area contributed by atoms with Gasteiger partial charge in [0.15, 0.2) is 18.7 Å². The largest absolute Gasteiger partial charge is 0.601 e. The normalized spacial score (nSPS) is 9.08. The van der Waals surface area contributed by atoms with Crippen molar-refractivity contribution in [1.82, 2.24) is 0 Å². The summed E-state index contributed by atoms with van der Waals surface area (Å²) >= 11 is 0. The predicted octanol–water partition coefficient (Wildman–Crippen LogP) is 0.401. The van der Waals surface area contributed by atoms with Crippen LogP contribution in [0.4, 0.5) is 4.79 Å². The van der Waals surface area contributed by atoms with E-state index in [0.717, 1.165) is 0 Å². The molecule has 0 aliphatic rings. The Kier molecular flexibility index (Phi) is 2.53. The van der Waals surface area contributed by atoms with Gasteiger partial charge < -0.3 is 4.74 Å². The van der Waals surface area contributed by atoms with Crippen molar-refractivity contribution in [3.05, 3.63) is 30.1 Å². The molecular weight excluding hydrogens is 158 g/mol. The molecule has 0 radical (unpaired) electrons. The minimum Gasteiger partial charge on any atom is -0.415 e. The highest BCUT2D eigenvalue weighted by Crippen LogP contribution is 1.88. The van der Waals surface area contributed by atoms with E-state index in [1.54, 1.807) is 12.1 Å². The molecule has 0 aliphatic heterocycles. The second kappa shape index (κ2) is 3.61. The average Bonchev–Trinajstić information content (AvgIpc) is 2.17. The van der Waals surface area contributed by atoms with Gasteiger partial charge in [-0.1, -0.05) is 4.57 Å². The number of aromatic nitrogens is 1. The van der Waals surface area contributed by atoms with Crippen molar-refractivity contribution in [2.75, 3.05) is 7.11 Å². The minimum atomic E-state index is -0.515. The molecule has 0 aliphatic carbocycles. The predicted molar refractivity (Wildman–Crippen MR) is 39.8 cm³/mol. The Hall–Kier alpha value is -1.71. The summed E-state index contributed by atoms with van der Waals surface area (Å²) in [6.45, 7) is 0. The lowest BCUT2D eigenvalue weighted by Gasteiger charge is -1.91. The molecule has 0 aromatic carbocycles. The molecule has 0 saturated carbocycles. The Balaban J connectivity index is 3.01. The molecule has 0 atom stereocenters. The quantitative estimate of drug-likeness (QED) is 0.448. The van der Waals surface area contributed by atoms with Crippen molar-refractivity contribution in [2.45, 2.75) is 0 Å². The maximum absolute atomic E-state index is 10.9. The van der Waals surface area contributed by atoms with Crippen LogP contribution >= 0.6 is 0 Å². The van der Waals surface area contributed by atoms with Crippen LogP contribution in [0.3, 0.4) is 0 Å². The van der Waals surface area contributed by atoms with Crippen LogP contribution in [0.2, 0.25) is 0 Å². The number of rotatable bonds is 1. The second-order valence-electron chi connectivity index (χ2n) is 2.13. The molecule has 1 aromatic heterocycles. The highest BCUT2D eigenvalue weighted by molar-refractivity contribution is 5.73. The average molecular weight is 166 g/mol. The molecule has 12 heavy (non-hydrogen) atoms. The Morgan fingerprint density at radius 3 is 3.00 bits per heavy atom. The summed E-state index contributed by atoms with van der Waals surface area (Å²) < 4.78 is 5.64. The van der Waals surface area contributed by atoms with Crippen LogP contribution in [-0.4, -0.2) is 19.5 Å². The van der Waals surface area contributed by atoms with E-state index in [9.17, 15) is 9.59 Å². The summed E-state index contributed by atoms with van der Waals surface area (Å²) in [6, 6.07) is 3.20. The third-order valence-corrected chi connectivity index (χ3v) is 1.35. The number of pyridine rings is 1. The molecule has 0 N–H and O–H groups in total. The van der Waals surface area contributed by atoms with E-state index in [1.165, 1.54) is 24.1 Å². The lowest BCUT2D eigenvalue weighted by Crippen LogP contribution is -2.42. The monoisotopic (exact) mass is 166 g/mol. The molecule has 0 unspecified atom stereocenters. The Morgan fingerprint density at radius 1 is 1.67 bits per heavy atom. The molecule has 0 fully saturated rings. The van der Waals surface area contributed by atoms with E-state index in [2.05, 4.69) is 4.74 Å². The third-order valence-electron chi connectivity index (χ3n) is 1.35.